The fourth-order valence-corrected chi connectivity index (χ4v) is 3.75. The van der Waals surface area contributed by atoms with Crippen molar-refractivity contribution in [3.8, 4) is 0 Å². The van der Waals surface area contributed by atoms with E-state index in [1.807, 2.05) is 24.3 Å². The van der Waals surface area contributed by atoms with Crippen molar-refractivity contribution >= 4 is 17.7 Å². The largest absolute Gasteiger partial charge is 0.345 e. The zero-order valence-corrected chi connectivity index (χ0v) is 13.3. The van der Waals surface area contributed by atoms with Gasteiger partial charge in [0.05, 0.1) is 6.04 Å². The molecule has 0 spiro atoms. The van der Waals surface area contributed by atoms with Crippen LogP contribution < -0.4 is 5.32 Å². The van der Waals surface area contributed by atoms with Crippen LogP contribution in [-0.4, -0.2) is 11.7 Å². The summed E-state index contributed by atoms with van der Waals surface area (Å²) < 4.78 is 13.5. The van der Waals surface area contributed by atoms with E-state index < -0.39 is 0 Å². The molecule has 1 aliphatic heterocycles. The van der Waals surface area contributed by atoms with Crippen molar-refractivity contribution in [2.45, 2.75) is 30.7 Å². The van der Waals surface area contributed by atoms with Crippen LogP contribution in [0.1, 0.15) is 40.9 Å². The Kier molecular flexibility index (Phi) is 4.48. The van der Waals surface area contributed by atoms with E-state index in [-0.39, 0.29) is 17.8 Å². The molecule has 0 aliphatic carbocycles. The van der Waals surface area contributed by atoms with E-state index in [4.69, 9.17) is 0 Å². The first-order chi connectivity index (χ1) is 10.7. The number of fused-ring (bicyclic) bond motifs is 1. The molecule has 2 nitrogen and oxygen atoms in total. The van der Waals surface area contributed by atoms with Crippen molar-refractivity contribution in [2.24, 2.45) is 0 Å². The molecule has 4 heteroatoms. The van der Waals surface area contributed by atoms with Crippen LogP contribution in [0.25, 0.3) is 0 Å². The van der Waals surface area contributed by atoms with Gasteiger partial charge in [-0.25, -0.2) is 4.39 Å². The minimum absolute atomic E-state index is 0.102. The fraction of sp³-hybridized carbons (Fsp3) is 0.278. The quantitative estimate of drug-likeness (QED) is 0.912. The summed E-state index contributed by atoms with van der Waals surface area (Å²) in [5, 5.41) is 3.04. The van der Waals surface area contributed by atoms with Gasteiger partial charge >= 0.3 is 0 Å². The number of rotatable bonds is 3. The molecule has 0 saturated heterocycles. The first-order valence-electron chi connectivity index (χ1n) is 7.49. The van der Waals surface area contributed by atoms with Gasteiger partial charge in [0.15, 0.2) is 0 Å². The van der Waals surface area contributed by atoms with Crippen molar-refractivity contribution in [3.63, 3.8) is 0 Å². The van der Waals surface area contributed by atoms with E-state index in [0.29, 0.717) is 5.56 Å². The molecule has 0 radical (unpaired) electrons. The van der Waals surface area contributed by atoms with Crippen molar-refractivity contribution in [2.75, 3.05) is 5.75 Å². The van der Waals surface area contributed by atoms with Crippen LogP contribution in [0.2, 0.25) is 0 Å². The molecule has 0 fully saturated rings. The minimum Gasteiger partial charge on any atom is -0.345 e. The molecule has 1 atom stereocenters. The number of halogens is 1. The molecule has 22 heavy (non-hydrogen) atoms. The van der Waals surface area contributed by atoms with Crippen molar-refractivity contribution in [3.05, 3.63) is 65.0 Å². The van der Waals surface area contributed by atoms with Gasteiger partial charge in [0, 0.05) is 16.2 Å². The highest BCUT2D eigenvalue weighted by atomic mass is 32.2. The van der Waals surface area contributed by atoms with Gasteiger partial charge in [-0.15, -0.1) is 11.8 Å². The Labute approximate surface area is 134 Å². The number of carbonyl (C=O) groups is 1. The third-order valence-corrected chi connectivity index (χ3v) is 5.06. The van der Waals surface area contributed by atoms with Gasteiger partial charge in [0.1, 0.15) is 5.82 Å². The molecule has 1 N–H and O–H groups in total. The molecule has 114 valence electrons. The van der Waals surface area contributed by atoms with Crippen LogP contribution in [0.5, 0.6) is 0 Å². The van der Waals surface area contributed by atoms with E-state index in [0.717, 1.165) is 29.1 Å². The van der Waals surface area contributed by atoms with Crippen LogP contribution >= 0.6 is 11.8 Å². The molecule has 2 aromatic carbocycles. The average Bonchev–Trinajstić information content (AvgIpc) is 2.55. The Morgan fingerprint density at radius 1 is 1.27 bits per heavy atom. The normalized spacial score (nSPS) is 16.9. The number of thioether (sulfide) groups is 1. The second-order valence-corrected chi connectivity index (χ2v) is 6.53. The molecular weight excluding hydrogens is 297 g/mol. The van der Waals surface area contributed by atoms with Gasteiger partial charge in [-0.05, 0) is 54.3 Å². The van der Waals surface area contributed by atoms with Gasteiger partial charge < -0.3 is 5.32 Å². The lowest BCUT2D eigenvalue weighted by Crippen LogP contribution is -2.30. The van der Waals surface area contributed by atoms with Crippen LogP contribution in [0, 0.1) is 5.82 Å². The SMILES string of the molecule is CCc1ccc(C(=O)NC2CCSc3ccc(F)cc32)cc1. The lowest BCUT2D eigenvalue weighted by Gasteiger charge is -2.26. The molecule has 1 aliphatic rings. The second kappa shape index (κ2) is 6.53. The summed E-state index contributed by atoms with van der Waals surface area (Å²) in [6.45, 7) is 2.08. The minimum atomic E-state index is -0.257. The van der Waals surface area contributed by atoms with Gasteiger partial charge in [0.2, 0.25) is 0 Å². The maximum Gasteiger partial charge on any atom is 0.251 e. The van der Waals surface area contributed by atoms with Gasteiger partial charge in [0.25, 0.3) is 5.91 Å². The summed E-state index contributed by atoms with van der Waals surface area (Å²) in [5.41, 5.74) is 2.74. The fourth-order valence-electron chi connectivity index (χ4n) is 2.65. The maximum absolute atomic E-state index is 13.5. The highest BCUT2D eigenvalue weighted by Crippen LogP contribution is 2.36. The molecule has 0 saturated carbocycles. The van der Waals surface area contributed by atoms with Gasteiger partial charge in [-0.3, -0.25) is 4.79 Å². The van der Waals surface area contributed by atoms with Crippen LogP contribution in [0.4, 0.5) is 4.39 Å². The Hall–Kier alpha value is -1.81. The van der Waals surface area contributed by atoms with Gasteiger partial charge in [-0.1, -0.05) is 19.1 Å². The first kappa shape index (κ1) is 15.1. The second-order valence-electron chi connectivity index (χ2n) is 5.40. The highest BCUT2D eigenvalue weighted by Gasteiger charge is 2.23. The van der Waals surface area contributed by atoms with Crippen LogP contribution in [0.3, 0.4) is 0 Å². The van der Waals surface area contributed by atoms with Crippen molar-refractivity contribution in [1.29, 1.82) is 0 Å². The molecule has 0 aromatic heterocycles. The zero-order chi connectivity index (χ0) is 15.5. The monoisotopic (exact) mass is 315 g/mol. The number of hydrogen-bond donors (Lipinski definition) is 1. The number of hydrogen-bond acceptors (Lipinski definition) is 2. The standard InChI is InChI=1S/C18H18FNOS/c1-2-12-3-5-13(6-4-12)18(21)20-16-9-10-22-17-8-7-14(19)11-15(16)17/h3-8,11,16H,2,9-10H2,1H3,(H,20,21). The summed E-state index contributed by atoms with van der Waals surface area (Å²) in [6, 6.07) is 12.3. The average molecular weight is 315 g/mol. The first-order valence-corrected chi connectivity index (χ1v) is 8.48. The summed E-state index contributed by atoms with van der Waals surface area (Å²) in [6.07, 6.45) is 1.77. The summed E-state index contributed by atoms with van der Waals surface area (Å²) in [7, 11) is 0. The number of aryl methyl sites for hydroxylation is 1. The summed E-state index contributed by atoms with van der Waals surface area (Å²) in [4.78, 5) is 13.5. The van der Waals surface area contributed by atoms with E-state index in [9.17, 15) is 9.18 Å². The van der Waals surface area contributed by atoms with E-state index >= 15 is 0 Å². The Balaban J connectivity index is 1.78. The number of amides is 1. The zero-order valence-electron chi connectivity index (χ0n) is 12.4. The lowest BCUT2D eigenvalue weighted by molar-refractivity contribution is 0.0935. The number of benzene rings is 2. The molecule has 3 rings (SSSR count). The summed E-state index contributed by atoms with van der Waals surface area (Å²) in [5.74, 6) is 0.570. The molecule has 0 bridgehead atoms. The molecule has 1 unspecified atom stereocenters. The molecule has 2 aromatic rings. The van der Waals surface area contributed by atoms with E-state index in [1.165, 1.54) is 17.7 Å². The van der Waals surface area contributed by atoms with E-state index in [1.54, 1.807) is 17.8 Å². The predicted molar refractivity (Wildman–Crippen MR) is 87.8 cm³/mol. The molecule has 1 amide bonds. The Morgan fingerprint density at radius 2 is 2.05 bits per heavy atom. The smallest absolute Gasteiger partial charge is 0.251 e. The third-order valence-electron chi connectivity index (χ3n) is 3.94. The highest BCUT2D eigenvalue weighted by molar-refractivity contribution is 7.99. The maximum atomic E-state index is 13.5. The van der Waals surface area contributed by atoms with E-state index in [2.05, 4.69) is 12.2 Å². The van der Waals surface area contributed by atoms with Crippen molar-refractivity contribution in [1.82, 2.24) is 5.32 Å². The topological polar surface area (TPSA) is 29.1 Å². The van der Waals surface area contributed by atoms with Crippen LogP contribution in [-0.2, 0) is 6.42 Å². The third kappa shape index (κ3) is 3.17. The number of nitrogens with one attached hydrogen (secondary N) is 1. The van der Waals surface area contributed by atoms with Crippen LogP contribution in [0.15, 0.2) is 47.4 Å². The predicted octanol–water partition coefficient (Wildman–Crippen LogP) is 4.36. The van der Waals surface area contributed by atoms with Gasteiger partial charge in [-0.2, -0.15) is 0 Å². The number of carbonyl (C=O) groups excluding carboxylic acids is 1. The lowest BCUT2D eigenvalue weighted by atomic mass is 10.0. The Morgan fingerprint density at radius 3 is 2.77 bits per heavy atom. The molecule has 1 heterocycles. The molecular formula is C18H18FNOS. The van der Waals surface area contributed by atoms with Crippen molar-refractivity contribution < 1.29 is 9.18 Å². The summed E-state index contributed by atoms with van der Waals surface area (Å²) >= 11 is 1.71. The Bertz CT molecular complexity index is 684.